The largest absolute Gasteiger partial charge is 3.00 e. The summed E-state index contributed by atoms with van der Waals surface area (Å²) in [6.07, 6.45) is 0. The second-order valence-electron chi connectivity index (χ2n) is 0.583. The maximum Gasteiger partial charge on any atom is 3.00 e. The number of hydrogen-bond donors (Lipinski definition) is 0. The molecule has 0 saturated carbocycles. The van der Waals surface area contributed by atoms with Gasteiger partial charge in [-0.2, -0.15) is 5.26 Å². The summed E-state index contributed by atoms with van der Waals surface area (Å²) in [4.78, 5) is 0. The van der Waals surface area contributed by atoms with Gasteiger partial charge in [0.05, 0.1) is 10.8 Å². The molecule has 0 aliphatic rings. The van der Waals surface area contributed by atoms with Crippen molar-refractivity contribution in [2.45, 2.75) is 0 Å². The van der Waals surface area contributed by atoms with Crippen molar-refractivity contribution < 1.29 is 30.3 Å². The van der Waals surface area contributed by atoms with Gasteiger partial charge in [0, 0.05) is 0 Å². The summed E-state index contributed by atoms with van der Waals surface area (Å²) in [6, 6.07) is 0. The van der Waals surface area contributed by atoms with Gasteiger partial charge in [0.2, 0.25) is 0 Å². The van der Waals surface area contributed by atoms with E-state index in [1.807, 2.05) is 0 Å². The van der Waals surface area contributed by atoms with Crippen molar-refractivity contribution in [3.63, 3.8) is 0 Å². The second-order valence-corrected chi connectivity index (χ2v) is 3.47. The predicted molar refractivity (Wildman–Crippen MR) is 22.9 cm³/mol. The van der Waals surface area contributed by atoms with Crippen molar-refractivity contribution in [3.05, 3.63) is 0 Å². The molecule has 8 heavy (non-hydrogen) atoms. The first-order valence-electron chi connectivity index (χ1n) is 1.09. The maximum absolute atomic E-state index is 9.42. The molecule has 7 heteroatoms. The first-order chi connectivity index (χ1) is 3.06. The van der Waals surface area contributed by atoms with E-state index in [1.54, 1.807) is 0 Å². The standard InChI is InChI=1S/CHNO3S2.Cr/c2-1-6-7(3,4)5;/h(H,3,4,5);/q;+3/p-1. The van der Waals surface area contributed by atoms with Crippen LogP contribution < -0.4 is 0 Å². The van der Waals surface area contributed by atoms with Crippen LogP contribution in [0.15, 0.2) is 0 Å². The van der Waals surface area contributed by atoms with Gasteiger partial charge in [0.15, 0.2) is 9.15 Å². The molecule has 0 fully saturated rings. The Morgan fingerprint density at radius 1 is 1.62 bits per heavy atom. The number of nitrogens with zero attached hydrogens (tertiary/aromatic N) is 1. The first-order valence-corrected chi connectivity index (χ1v) is 3.84. The van der Waals surface area contributed by atoms with Gasteiger partial charge in [-0.1, -0.05) is 0 Å². The predicted octanol–water partition coefficient (Wildman–Crippen LogP) is -0.342. The molecule has 4 nitrogen and oxygen atoms in total. The van der Waals surface area contributed by atoms with Crippen LogP contribution in [0.1, 0.15) is 0 Å². The fourth-order valence-electron chi connectivity index (χ4n) is 0.0456. The molecular formula is CCrNO3S2+2. The first kappa shape index (κ1) is 11.1. The molecule has 0 amide bonds. The van der Waals surface area contributed by atoms with Crippen LogP contribution in [-0.4, -0.2) is 13.0 Å². The van der Waals surface area contributed by atoms with Gasteiger partial charge in [0.25, 0.3) is 0 Å². The zero-order valence-electron chi connectivity index (χ0n) is 3.40. The van der Waals surface area contributed by atoms with E-state index in [4.69, 9.17) is 5.26 Å². The van der Waals surface area contributed by atoms with Crippen molar-refractivity contribution in [2.75, 3.05) is 0 Å². The van der Waals surface area contributed by atoms with Crippen molar-refractivity contribution >= 4 is 19.9 Å². The summed E-state index contributed by atoms with van der Waals surface area (Å²) in [5.41, 5.74) is 0. The van der Waals surface area contributed by atoms with Crippen molar-refractivity contribution in [1.82, 2.24) is 0 Å². The molecule has 43 valence electrons. The van der Waals surface area contributed by atoms with Gasteiger partial charge < -0.3 is 4.55 Å². The van der Waals surface area contributed by atoms with Gasteiger partial charge in [-0.25, -0.2) is 8.42 Å². The number of nitriles is 1. The van der Waals surface area contributed by atoms with Crippen LogP contribution >= 0.6 is 10.8 Å². The number of hydrogen-bond acceptors (Lipinski definition) is 5. The van der Waals surface area contributed by atoms with Gasteiger partial charge in [-0.05, 0) is 0 Å². The summed E-state index contributed by atoms with van der Waals surface area (Å²) < 4.78 is 28.2. The quantitative estimate of drug-likeness (QED) is 0.321. The van der Waals surface area contributed by atoms with Gasteiger partial charge >= 0.3 is 17.4 Å². The van der Waals surface area contributed by atoms with E-state index < -0.39 is 9.15 Å². The Hall–Kier alpha value is 0.282. The SMILES string of the molecule is N#CSS(=O)(=O)[O-].[Cr+3]. The summed E-state index contributed by atoms with van der Waals surface area (Å²) in [5, 5.41) is 8.66. The van der Waals surface area contributed by atoms with E-state index in [9.17, 15) is 13.0 Å². The Labute approximate surface area is 61.2 Å². The Balaban J connectivity index is 0. The van der Waals surface area contributed by atoms with E-state index in [0.29, 0.717) is 0 Å². The summed E-state index contributed by atoms with van der Waals surface area (Å²) in [7, 11) is -4.66. The minimum atomic E-state index is -4.37. The third-order valence-corrected chi connectivity index (χ3v) is 1.25. The van der Waals surface area contributed by atoms with Gasteiger partial charge in [0.1, 0.15) is 5.40 Å². The molecule has 0 heterocycles. The third kappa shape index (κ3) is 9.56. The maximum atomic E-state index is 9.42. The van der Waals surface area contributed by atoms with Crippen LogP contribution in [0.2, 0.25) is 0 Å². The Bertz CT molecular complexity index is 178. The van der Waals surface area contributed by atoms with Crippen molar-refractivity contribution in [2.24, 2.45) is 0 Å². The van der Waals surface area contributed by atoms with Crippen LogP contribution in [-0.2, 0) is 26.5 Å². The Kier molecular flexibility index (Phi) is 5.83. The molecule has 0 aromatic carbocycles. The fraction of sp³-hybridized carbons (Fsp3) is 0. The monoisotopic (exact) mass is 190 g/mol. The van der Waals surface area contributed by atoms with Crippen LogP contribution in [0.25, 0.3) is 0 Å². The Morgan fingerprint density at radius 2 is 2.00 bits per heavy atom. The molecule has 0 spiro atoms. The molecular weight excluding hydrogens is 190 g/mol. The molecule has 0 saturated heterocycles. The van der Waals surface area contributed by atoms with Gasteiger partial charge in [-0.15, -0.1) is 0 Å². The topological polar surface area (TPSA) is 81.0 Å². The summed E-state index contributed by atoms with van der Waals surface area (Å²) in [6.45, 7) is 0. The van der Waals surface area contributed by atoms with Crippen LogP contribution in [0.3, 0.4) is 0 Å². The van der Waals surface area contributed by atoms with E-state index in [-0.39, 0.29) is 28.2 Å². The number of thiocyanates is 1. The average molecular weight is 190 g/mol. The molecule has 1 radical (unpaired) electrons. The molecule has 0 rings (SSSR count). The fourth-order valence-corrected chi connectivity index (χ4v) is 0.411. The smallest absolute Gasteiger partial charge is 0.738 e. The average Bonchev–Trinajstić information content (AvgIpc) is 1.30. The molecule has 0 N–H and O–H groups in total. The van der Waals surface area contributed by atoms with Crippen LogP contribution in [0.5, 0.6) is 0 Å². The van der Waals surface area contributed by atoms with Crippen molar-refractivity contribution in [1.29, 1.82) is 5.26 Å². The van der Waals surface area contributed by atoms with Crippen LogP contribution in [0.4, 0.5) is 0 Å². The molecule has 0 atom stereocenters. The number of rotatable bonds is 1. The molecule has 0 unspecified atom stereocenters. The minimum absolute atomic E-state index is 0. The molecule has 0 bridgehead atoms. The molecule has 0 aromatic heterocycles. The summed E-state index contributed by atoms with van der Waals surface area (Å²) in [5.74, 6) is 0. The molecule has 0 aromatic rings. The van der Waals surface area contributed by atoms with E-state index >= 15 is 0 Å². The van der Waals surface area contributed by atoms with E-state index in [0.717, 1.165) is 5.40 Å². The normalized spacial score (nSPS) is 9.00. The van der Waals surface area contributed by atoms with E-state index in [1.165, 1.54) is 0 Å². The second kappa shape index (κ2) is 4.19. The zero-order valence-corrected chi connectivity index (χ0v) is 6.30. The summed E-state index contributed by atoms with van der Waals surface area (Å²) >= 11 is 0. The zero-order chi connectivity index (χ0) is 5.91. The molecule has 0 aliphatic heterocycles. The van der Waals surface area contributed by atoms with Crippen molar-refractivity contribution in [3.8, 4) is 5.40 Å². The molecule has 0 aliphatic carbocycles. The Morgan fingerprint density at radius 3 is 2.00 bits per heavy atom. The minimum Gasteiger partial charge on any atom is -0.738 e. The van der Waals surface area contributed by atoms with Crippen LogP contribution in [0, 0.1) is 10.7 Å². The third-order valence-electron chi connectivity index (χ3n) is 0.139. The van der Waals surface area contributed by atoms with Gasteiger partial charge in [-0.3, -0.25) is 0 Å². The van der Waals surface area contributed by atoms with E-state index in [2.05, 4.69) is 0 Å².